The lowest BCUT2D eigenvalue weighted by molar-refractivity contribution is -0.200. The molecule has 2 saturated heterocycles. The van der Waals surface area contributed by atoms with Crippen LogP contribution >= 0.6 is 11.3 Å². The average molecular weight is 629 g/mol. The standard InChI is InChI=1S/C26H36N4O8S3/c1-3-27-25(32)28-20-8-6-7-19(17-20)21-10-11-22(39-21)26(18-23(31)29-38-24-9-4-5-15-37-24)12-13-30(40(2,33)34)14-16-41(26,35)36/h6-8,10-11,17,24H,3-5,9,12-16,18H2,1-2H3,(H,29,31)(H2,27,28,32)/t24?,26-/m0/s1. The summed E-state index contributed by atoms with van der Waals surface area (Å²) in [5.41, 5.74) is 3.67. The molecule has 2 aromatic rings. The van der Waals surface area contributed by atoms with E-state index in [9.17, 15) is 26.4 Å². The van der Waals surface area contributed by atoms with E-state index in [0.29, 0.717) is 30.1 Å². The molecule has 0 radical (unpaired) electrons. The van der Waals surface area contributed by atoms with Crippen LogP contribution in [-0.2, 0) is 39.0 Å². The summed E-state index contributed by atoms with van der Waals surface area (Å²) >= 11 is 1.22. The quantitative estimate of drug-likeness (QED) is 0.358. The van der Waals surface area contributed by atoms with Crippen LogP contribution in [0.1, 0.15) is 43.9 Å². The minimum Gasteiger partial charge on any atom is -0.350 e. The molecule has 2 fully saturated rings. The zero-order valence-electron chi connectivity index (χ0n) is 23.1. The van der Waals surface area contributed by atoms with Crippen molar-refractivity contribution in [2.24, 2.45) is 0 Å². The highest BCUT2D eigenvalue weighted by molar-refractivity contribution is 7.92. The number of benzene rings is 1. The minimum atomic E-state index is -4.01. The first kappa shape index (κ1) is 31.4. The molecule has 1 unspecified atom stereocenters. The third-order valence-corrected chi connectivity index (χ3v) is 12.4. The van der Waals surface area contributed by atoms with Crippen molar-refractivity contribution in [1.82, 2.24) is 15.1 Å². The maximum Gasteiger partial charge on any atom is 0.319 e. The number of sulfonamides is 1. The number of thiophene rings is 1. The number of nitrogens with one attached hydrogen (secondary N) is 3. The van der Waals surface area contributed by atoms with E-state index in [1.54, 1.807) is 30.3 Å². The number of hydrogen-bond donors (Lipinski definition) is 3. The lowest BCUT2D eigenvalue weighted by atomic mass is 9.97. The monoisotopic (exact) mass is 628 g/mol. The summed E-state index contributed by atoms with van der Waals surface area (Å²) in [7, 11) is -7.66. The number of anilines is 1. The molecule has 2 aliphatic heterocycles. The molecule has 12 nitrogen and oxygen atoms in total. The highest BCUT2D eigenvalue weighted by atomic mass is 32.2. The second-order valence-electron chi connectivity index (χ2n) is 10.1. The van der Waals surface area contributed by atoms with E-state index in [0.717, 1.165) is 33.8 Å². The molecule has 226 valence electrons. The Labute approximate surface area is 244 Å². The molecule has 2 atom stereocenters. The first-order valence-corrected chi connectivity index (χ1v) is 17.7. The van der Waals surface area contributed by atoms with E-state index >= 15 is 0 Å². The molecule has 1 aromatic heterocycles. The van der Waals surface area contributed by atoms with Crippen LogP contribution in [0.15, 0.2) is 36.4 Å². The van der Waals surface area contributed by atoms with E-state index in [2.05, 4.69) is 16.1 Å². The molecular formula is C26H36N4O8S3. The van der Waals surface area contributed by atoms with E-state index in [4.69, 9.17) is 9.57 Å². The number of carbonyl (C=O) groups is 2. The van der Waals surface area contributed by atoms with Crippen LogP contribution in [0.5, 0.6) is 0 Å². The van der Waals surface area contributed by atoms with Gasteiger partial charge in [-0.15, -0.1) is 11.3 Å². The smallest absolute Gasteiger partial charge is 0.319 e. The van der Waals surface area contributed by atoms with Crippen molar-refractivity contribution in [1.29, 1.82) is 0 Å². The Hall–Kier alpha value is -2.56. The van der Waals surface area contributed by atoms with Crippen molar-refractivity contribution >= 4 is 48.8 Å². The van der Waals surface area contributed by atoms with E-state index in [1.807, 2.05) is 13.0 Å². The molecular weight excluding hydrogens is 593 g/mol. The Morgan fingerprint density at radius 3 is 2.71 bits per heavy atom. The van der Waals surface area contributed by atoms with Gasteiger partial charge >= 0.3 is 6.03 Å². The second-order valence-corrected chi connectivity index (χ2v) is 15.6. The number of hydrogen-bond acceptors (Lipinski definition) is 9. The maximum atomic E-state index is 13.9. The molecule has 0 bridgehead atoms. The molecule has 3 N–H and O–H groups in total. The Balaban J connectivity index is 1.65. The first-order chi connectivity index (χ1) is 19.4. The summed E-state index contributed by atoms with van der Waals surface area (Å²) < 4.78 is 57.4. The molecule has 0 saturated carbocycles. The number of rotatable bonds is 9. The molecule has 41 heavy (non-hydrogen) atoms. The molecule has 15 heteroatoms. The molecule has 3 amide bonds. The van der Waals surface area contributed by atoms with Gasteiger partial charge in [0.25, 0.3) is 0 Å². The van der Waals surface area contributed by atoms with Gasteiger partial charge in [-0.05, 0) is 56.0 Å². The van der Waals surface area contributed by atoms with Gasteiger partial charge in [-0.1, -0.05) is 12.1 Å². The molecule has 0 spiro atoms. The number of sulfone groups is 1. The first-order valence-electron chi connectivity index (χ1n) is 13.4. The van der Waals surface area contributed by atoms with Crippen LogP contribution < -0.4 is 16.1 Å². The number of ether oxygens (including phenoxy) is 1. The predicted molar refractivity (Wildman–Crippen MR) is 156 cm³/mol. The van der Waals surface area contributed by atoms with Gasteiger partial charge in [0.1, 0.15) is 4.75 Å². The lowest BCUT2D eigenvalue weighted by Gasteiger charge is -2.31. The third-order valence-electron chi connectivity index (χ3n) is 7.12. The SMILES string of the molecule is CCNC(=O)Nc1cccc(-c2ccc([C@@]3(CC(=O)NOC4CCCCO4)CCN(S(C)(=O)=O)CCS3(=O)=O)s2)c1. The molecule has 1 aromatic carbocycles. The van der Waals surface area contributed by atoms with Crippen LogP contribution in [-0.4, -0.2) is 77.6 Å². The second kappa shape index (κ2) is 13.2. The number of carbonyl (C=O) groups excluding carboxylic acids is 2. The van der Waals surface area contributed by atoms with Gasteiger partial charge in [-0.25, -0.2) is 36.3 Å². The van der Waals surface area contributed by atoms with Crippen molar-refractivity contribution in [2.45, 2.75) is 50.1 Å². The van der Waals surface area contributed by atoms with Crippen LogP contribution in [0, 0.1) is 0 Å². The van der Waals surface area contributed by atoms with Crippen LogP contribution in [0.3, 0.4) is 0 Å². The normalized spacial score (nSPS) is 23.3. The van der Waals surface area contributed by atoms with Gasteiger partial charge in [0.05, 0.1) is 18.4 Å². The Morgan fingerprint density at radius 1 is 1.20 bits per heavy atom. The summed E-state index contributed by atoms with van der Waals surface area (Å²) in [4.78, 5) is 31.7. The molecule has 4 rings (SSSR count). The van der Waals surface area contributed by atoms with Gasteiger partial charge in [-0.2, -0.15) is 0 Å². The van der Waals surface area contributed by atoms with Crippen molar-refractivity contribution in [3.05, 3.63) is 41.3 Å². The summed E-state index contributed by atoms with van der Waals surface area (Å²) in [6, 6.07) is 10.2. The lowest BCUT2D eigenvalue weighted by Crippen LogP contribution is -2.43. The average Bonchev–Trinajstić information content (AvgIpc) is 3.37. The van der Waals surface area contributed by atoms with Gasteiger partial charge in [0.2, 0.25) is 15.9 Å². The van der Waals surface area contributed by atoms with Crippen molar-refractivity contribution in [3.63, 3.8) is 0 Å². The van der Waals surface area contributed by atoms with E-state index in [1.165, 1.54) is 11.3 Å². The Kier molecular flexibility index (Phi) is 10.1. The molecule has 0 aliphatic carbocycles. The van der Waals surface area contributed by atoms with Crippen LogP contribution in [0.25, 0.3) is 10.4 Å². The predicted octanol–water partition coefficient (Wildman–Crippen LogP) is 2.80. The zero-order chi connectivity index (χ0) is 29.7. The molecule has 2 aliphatic rings. The zero-order valence-corrected chi connectivity index (χ0v) is 25.5. The third kappa shape index (κ3) is 7.64. The Bertz CT molecular complexity index is 1450. The fourth-order valence-electron chi connectivity index (χ4n) is 4.94. The van der Waals surface area contributed by atoms with Gasteiger partial charge in [0.15, 0.2) is 16.1 Å². The van der Waals surface area contributed by atoms with Crippen molar-refractivity contribution < 1.29 is 36.0 Å². The fourth-order valence-corrected chi connectivity index (χ4v) is 9.50. The largest absolute Gasteiger partial charge is 0.350 e. The Morgan fingerprint density at radius 2 is 2.00 bits per heavy atom. The van der Waals surface area contributed by atoms with Crippen molar-refractivity contribution in [3.8, 4) is 10.4 Å². The highest BCUT2D eigenvalue weighted by Crippen LogP contribution is 2.45. The summed E-state index contributed by atoms with van der Waals surface area (Å²) in [6.07, 6.45) is 2.28. The van der Waals surface area contributed by atoms with E-state index < -0.39 is 49.0 Å². The number of nitrogens with zero attached hydrogens (tertiary/aromatic N) is 1. The van der Waals surface area contributed by atoms with Crippen molar-refractivity contribution in [2.75, 3.05) is 43.6 Å². The van der Waals surface area contributed by atoms with Gasteiger partial charge < -0.3 is 15.4 Å². The number of urea groups is 1. The van der Waals surface area contributed by atoms with Gasteiger partial charge in [-0.3, -0.25) is 4.79 Å². The minimum absolute atomic E-state index is 0.0584. The van der Waals surface area contributed by atoms with Crippen LogP contribution in [0.4, 0.5) is 10.5 Å². The maximum absolute atomic E-state index is 13.9. The summed E-state index contributed by atoms with van der Waals surface area (Å²) in [6.45, 7) is 2.54. The number of amides is 3. The highest BCUT2D eigenvalue weighted by Gasteiger charge is 2.50. The summed E-state index contributed by atoms with van der Waals surface area (Å²) in [5.74, 6) is -1.07. The van der Waals surface area contributed by atoms with Gasteiger partial charge in [0, 0.05) is 48.1 Å². The fraction of sp³-hybridized carbons (Fsp3) is 0.538. The molecule has 3 heterocycles. The van der Waals surface area contributed by atoms with E-state index in [-0.39, 0.29) is 25.5 Å². The topological polar surface area (TPSA) is 160 Å². The number of hydroxylamine groups is 1. The summed E-state index contributed by atoms with van der Waals surface area (Å²) in [5, 5.41) is 5.42. The van der Waals surface area contributed by atoms with Crippen LogP contribution in [0.2, 0.25) is 0 Å².